The van der Waals surface area contributed by atoms with E-state index in [4.69, 9.17) is 10.2 Å². The summed E-state index contributed by atoms with van der Waals surface area (Å²) in [4.78, 5) is 0. The summed E-state index contributed by atoms with van der Waals surface area (Å²) < 4.78 is 4.16. The Morgan fingerprint density at radius 3 is 2.23 bits per heavy atom. The van der Waals surface area contributed by atoms with Gasteiger partial charge >= 0.3 is 0 Å². The third-order valence-corrected chi connectivity index (χ3v) is 6.05. The largest absolute Gasteiger partial charge is 0.261 e. The first-order chi connectivity index (χ1) is 13.8. The van der Waals surface area contributed by atoms with Crippen molar-refractivity contribution in [3.63, 3.8) is 0 Å². The maximum atomic E-state index is 4.90. The zero-order chi connectivity index (χ0) is 20.6. The maximum Gasteiger partial charge on any atom is 0.0746 e. The second kappa shape index (κ2) is 7.04. The van der Waals surface area contributed by atoms with Crippen molar-refractivity contribution in [2.75, 3.05) is 0 Å². The minimum atomic E-state index is 0. The molecule has 0 spiro atoms. The molecule has 0 bridgehead atoms. The minimum absolute atomic E-state index is 0. The smallest absolute Gasteiger partial charge is 0.0746 e. The van der Waals surface area contributed by atoms with Gasteiger partial charge in [0, 0.05) is 25.8 Å². The van der Waals surface area contributed by atoms with Crippen molar-refractivity contribution in [2.45, 2.75) is 48.5 Å². The summed E-state index contributed by atoms with van der Waals surface area (Å²) in [6, 6.07) is 12.3. The Balaban J connectivity index is 0.00000218. The van der Waals surface area contributed by atoms with Gasteiger partial charge in [-0.15, -0.1) is 5.56 Å². The third kappa shape index (κ3) is 2.76. The Kier molecular flexibility index (Phi) is 4.87. The van der Waals surface area contributed by atoms with Crippen LogP contribution >= 0.6 is 0 Å². The molecule has 0 saturated heterocycles. The van der Waals surface area contributed by atoms with Crippen molar-refractivity contribution in [3.8, 4) is 5.69 Å². The number of nitrogens with zero attached hydrogens (tertiary/aromatic N) is 4. The molecule has 1 radical (unpaired) electrons. The van der Waals surface area contributed by atoms with Gasteiger partial charge in [0.05, 0.1) is 16.9 Å². The van der Waals surface area contributed by atoms with Crippen LogP contribution in [0.2, 0.25) is 0 Å². The van der Waals surface area contributed by atoms with Crippen LogP contribution in [-0.4, -0.2) is 19.4 Å². The minimum Gasteiger partial charge on any atom is -0.261 e. The van der Waals surface area contributed by atoms with Crippen LogP contribution in [0.4, 0.5) is 0 Å². The Morgan fingerprint density at radius 1 is 0.833 bits per heavy atom. The van der Waals surface area contributed by atoms with Crippen molar-refractivity contribution in [2.24, 2.45) is 0 Å². The second-order valence-corrected chi connectivity index (χ2v) is 8.36. The number of hydrogen-bond acceptors (Lipinski definition) is 2. The van der Waals surface area contributed by atoms with Crippen LogP contribution in [0.3, 0.4) is 0 Å². The number of aromatic nitrogens is 4. The first-order valence-electron chi connectivity index (χ1n) is 10.1. The molecule has 0 aliphatic carbocycles. The molecule has 0 atom stereocenters. The molecule has 4 nitrogen and oxygen atoms in total. The molecule has 0 aliphatic heterocycles. The summed E-state index contributed by atoms with van der Waals surface area (Å²) in [6.45, 7) is 14.9. The van der Waals surface area contributed by atoms with Crippen LogP contribution in [0.5, 0.6) is 0 Å². The van der Waals surface area contributed by atoms with E-state index in [-0.39, 0.29) is 20.1 Å². The van der Waals surface area contributed by atoms with Gasteiger partial charge < -0.3 is 0 Å². The monoisotopic (exact) mass is 574 g/mol. The molecule has 2 aromatic carbocycles. The van der Waals surface area contributed by atoms with Gasteiger partial charge in [-0.1, -0.05) is 35.4 Å². The van der Waals surface area contributed by atoms with Gasteiger partial charge in [-0.2, -0.15) is 22.3 Å². The van der Waals surface area contributed by atoms with E-state index >= 15 is 0 Å². The zero-order valence-electron chi connectivity index (χ0n) is 18.4. The number of benzene rings is 2. The molecule has 0 fully saturated rings. The first-order valence-corrected chi connectivity index (χ1v) is 10.1. The van der Waals surface area contributed by atoms with Crippen molar-refractivity contribution in [1.29, 1.82) is 0 Å². The summed E-state index contributed by atoms with van der Waals surface area (Å²) in [5.74, 6) is 0. The van der Waals surface area contributed by atoms with Gasteiger partial charge in [0.2, 0.25) is 0 Å². The predicted octanol–water partition coefficient (Wildman–Crippen LogP) is 5.78. The Bertz CT molecular complexity index is 1470. The van der Waals surface area contributed by atoms with E-state index in [1.54, 1.807) is 0 Å². The van der Waals surface area contributed by atoms with Gasteiger partial charge in [-0.3, -0.25) is 9.20 Å². The number of fused-ring (bicyclic) bond motifs is 6. The first kappa shape index (κ1) is 20.8. The number of pyridine rings is 1. The van der Waals surface area contributed by atoms with Gasteiger partial charge in [0.25, 0.3) is 0 Å². The van der Waals surface area contributed by atoms with Gasteiger partial charge in [0.1, 0.15) is 0 Å². The number of rotatable bonds is 1. The molecule has 3 heterocycles. The summed E-state index contributed by atoms with van der Waals surface area (Å²) in [5.41, 5.74) is 11.4. The van der Waals surface area contributed by atoms with E-state index in [2.05, 4.69) is 81.1 Å². The molecule has 0 unspecified atom stereocenters. The Labute approximate surface area is 190 Å². The third-order valence-electron chi connectivity index (χ3n) is 6.05. The molecule has 0 saturated carbocycles. The van der Waals surface area contributed by atoms with Gasteiger partial charge in [-0.25, -0.2) is 0 Å². The van der Waals surface area contributed by atoms with E-state index in [1.807, 2.05) is 6.92 Å². The molecule has 0 N–H and O–H groups in total. The van der Waals surface area contributed by atoms with Crippen LogP contribution < -0.4 is 0 Å². The van der Waals surface area contributed by atoms with E-state index in [0.717, 1.165) is 39.2 Å². The summed E-state index contributed by atoms with van der Waals surface area (Å²) >= 11 is 0. The Morgan fingerprint density at radius 2 is 1.57 bits per heavy atom. The van der Waals surface area contributed by atoms with E-state index in [0.29, 0.717) is 0 Å². The quantitative estimate of drug-likeness (QED) is 0.188. The SMILES string of the molecule is Cc1cc(C)c2c(c1)c1c(-n3nc(C)cc3C)c(C)c[c-]c1n1nc(C)c(C)c21.[Ir]. The fourth-order valence-electron chi connectivity index (χ4n) is 4.72. The predicted molar refractivity (Wildman–Crippen MR) is 119 cm³/mol. The average molecular weight is 574 g/mol. The van der Waals surface area contributed by atoms with Crippen molar-refractivity contribution < 1.29 is 20.1 Å². The van der Waals surface area contributed by atoms with E-state index < -0.39 is 0 Å². The van der Waals surface area contributed by atoms with Crippen LogP contribution in [0.1, 0.15) is 39.3 Å². The van der Waals surface area contributed by atoms with Crippen molar-refractivity contribution in [3.05, 3.63) is 69.7 Å². The fraction of sp³-hybridized carbons (Fsp3) is 0.280. The van der Waals surface area contributed by atoms with Crippen LogP contribution in [0.15, 0.2) is 24.3 Å². The summed E-state index contributed by atoms with van der Waals surface area (Å²) in [7, 11) is 0. The summed E-state index contributed by atoms with van der Waals surface area (Å²) in [6.07, 6.45) is 0. The topological polar surface area (TPSA) is 35.1 Å². The molecule has 0 aliphatic rings. The molecule has 5 heteroatoms. The van der Waals surface area contributed by atoms with Crippen LogP contribution in [-0.2, 0) is 20.1 Å². The maximum absolute atomic E-state index is 4.90. The molecule has 3 aromatic heterocycles. The molecule has 30 heavy (non-hydrogen) atoms. The molecule has 5 rings (SSSR count). The fourth-order valence-corrected chi connectivity index (χ4v) is 4.72. The number of aryl methyl sites for hydroxylation is 7. The van der Waals surface area contributed by atoms with E-state index in [9.17, 15) is 0 Å². The molecule has 155 valence electrons. The molecular formula is C25H25IrN4-. The second-order valence-electron chi connectivity index (χ2n) is 8.36. The number of hydrogen-bond donors (Lipinski definition) is 0. The van der Waals surface area contributed by atoms with Gasteiger partial charge in [0.15, 0.2) is 0 Å². The molecular weight excluding hydrogens is 549 g/mol. The molecule has 5 aromatic rings. The van der Waals surface area contributed by atoms with Crippen LogP contribution in [0, 0.1) is 54.5 Å². The Hall–Kier alpha value is -2.49. The van der Waals surface area contributed by atoms with Crippen LogP contribution in [0.25, 0.3) is 32.9 Å². The normalized spacial score (nSPS) is 11.6. The average Bonchev–Trinajstić information content (AvgIpc) is 3.13. The van der Waals surface area contributed by atoms with E-state index in [1.165, 1.54) is 33.0 Å². The van der Waals surface area contributed by atoms with Gasteiger partial charge in [-0.05, 0) is 75.3 Å². The van der Waals surface area contributed by atoms with Crippen molar-refractivity contribution in [1.82, 2.24) is 19.4 Å². The van der Waals surface area contributed by atoms with Crippen molar-refractivity contribution >= 4 is 27.2 Å². The standard InChI is InChI=1S/C25H25N4.Ir/c1-13-10-15(3)22-20(11-13)23-21(29-25(22)18(6)19(7)27-29)9-8-14(2)24(23)28-17(5)12-16(4)26-28;/h8,10-12H,1-7H3;/q-1;. The molecule has 0 amide bonds. The summed E-state index contributed by atoms with van der Waals surface area (Å²) in [5, 5.41) is 13.4. The zero-order valence-corrected chi connectivity index (χ0v) is 20.8.